The van der Waals surface area contributed by atoms with Gasteiger partial charge in [-0.15, -0.1) is 0 Å². The zero-order valence-electron chi connectivity index (χ0n) is 13.5. The summed E-state index contributed by atoms with van der Waals surface area (Å²) in [6.45, 7) is 2.03. The van der Waals surface area contributed by atoms with Gasteiger partial charge in [0.15, 0.2) is 0 Å². The van der Waals surface area contributed by atoms with Crippen molar-refractivity contribution in [2.75, 3.05) is 14.2 Å². The van der Waals surface area contributed by atoms with Crippen LogP contribution < -0.4 is 8.93 Å². The van der Waals surface area contributed by atoms with Crippen LogP contribution in [0.1, 0.15) is 18.4 Å². The molecule has 0 aliphatic carbocycles. The molecule has 1 atom stereocenters. The van der Waals surface area contributed by atoms with Gasteiger partial charge in [0.05, 0.1) is 0 Å². The Hall–Kier alpha value is -1.58. The first kappa shape index (κ1) is 19.5. The van der Waals surface area contributed by atoms with Crippen molar-refractivity contribution in [3.63, 3.8) is 0 Å². The van der Waals surface area contributed by atoms with Crippen LogP contribution in [0.5, 0.6) is 0 Å². The summed E-state index contributed by atoms with van der Waals surface area (Å²) in [5, 5.41) is 2.53. The zero-order chi connectivity index (χ0) is 17.2. The number of hydrogen-bond donors (Lipinski definition) is 1. The predicted octanol–water partition coefficient (Wildman–Crippen LogP) is 0.354. The normalized spacial score (nSPS) is 11.4. The van der Waals surface area contributed by atoms with Crippen molar-refractivity contribution in [2.24, 2.45) is 0 Å². The second-order valence-corrected chi connectivity index (χ2v) is 8.17. The molecule has 0 bridgehead atoms. The molecule has 6 nitrogen and oxygen atoms in total. The molecule has 1 N–H and O–H groups in total. The second kappa shape index (κ2) is 10.2. The first-order valence-electron chi connectivity index (χ1n) is 7.09. The SMILES string of the molecule is COC(=O)C[C@H](NC(=O)CC[Te]c1ccc(C)cc1)C(=O)OC. The molecule has 1 rings (SSSR count). The first-order valence-corrected chi connectivity index (χ1v) is 9.91. The van der Waals surface area contributed by atoms with Crippen molar-refractivity contribution < 1.29 is 23.9 Å². The molecule has 7 heteroatoms. The molecule has 0 saturated carbocycles. The molecular formula is C16H21NO5Te. The fourth-order valence-corrected chi connectivity index (χ4v) is 4.18. The number of methoxy groups -OCH3 is 2. The van der Waals surface area contributed by atoms with Gasteiger partial charge in [-0.1, -0.05) is 0 Å². The Morgan fingerprint density at radius 1 is 1.13 bits per heavy atom. The Labute approximate surface area is 146 Å². The molecule has 23 heavy (non-hydrogen) atoms. The molecule has 0 saturated heterocycles. The summed E-state index contributed by atoms with van der Waals surface area (Å²) < 4.78 is 11.2. The molecule has 126 valence electrons. The van der Waals surface area contributed by atoms with E-state index in [1.807, 2.05) is 6.92 Å². The van der Waals surface area contributed by atoms with Gasteiger partial charge in [0, 0.05) is 0 Å². The number of benzene rings is 1. The summed E-state index contributed by atoms with van der Waals surface area (Å²) in [6, 6.07) is 7.29. The van der Waals surface area contributed by atoms with E-state index in [1.54, 1.807) is 0 Å². The first-order chi connectivity index (χ1) is 11.0. The third-order valence-corrected chi connectivity index (χ3v) is 5.93. The van der Waals surface area contributed by atoms with Gasteiger partial charge in [0.25, 0.3) is 0 Å². The minimum atomic E-state index is -1.00. The van der Waals surface area contributed by atoms with Crippen molar-refractivity contribution in [1.29, 1.82) is 0 Å². The molecule has 1 amide bonds. The van der Waals surface area contributed by atoms with E-state index in [0.717, 1.165) is 4.47 Å². The number of aryl methyl sites for hydroxylation is 1. The molecule has 0 fully saturated rings. The van der Waals surface area contributed by atoms with Gasteiger partial charge in [-0.25, -0.2) is 0 Å². The van der Waals surface area contributed by atoms with Gasteiger partial charge in [-0.2, -0.15) is 0 Å². The molecule has 0 radical (unpaired) electrons. The number of carbonyl (C=O) groups is 3. The molecule has 0 aromatic heterocycles. The van der Waals surface area contributed by atoms with Crippen LogP contribution in [-0.4, -0.2) is 59.0 Å². The van der Waals surface area contributed by atoms with Crippen LogP contribution in [0.15, 0.2) is 24.3 Å². The number of ether oxygens (including phenoxy) is 2. The fourth-order valence-electron chi connectivity index (χ4n) is 1.75. The Balaban J connectivity index is 2.43. The third kappa shape index (κ3) is 7.49. The van der Waals surface area contributed by atoms with E-state index in [-0.39, 0.29) is 12.3 Å². The van der Waals surface area contributed by atoms with Crippen molar-refractivity contribution in [3.8, 4) is 0 Å². The van der Waals surface area contributed by atoms with Crippen LogP contribution in [0.2, 0.25) is 4.47 Å². The predicted molar refractivity (Wildman–Crippen MR) is 86.6 cm³/mol. The van der Waals surface area contributed by atoms with E-state index < -0.39 is 38.9 Å². The van der Waals surface area contributed by atoms with E-state index in [1.165, 1.54) is 23.4 Å². The summed E-state index contributed by atoms with van der Waals surface area (Å²) in [5.74, 6) is -1.49. The van der Waals surface area contributed by atoms with Gasteiger partial charge in [-0.3, -0.25) is 0 Å². The van der Waals surface area contributed by atoms with Gasteiger partial charge in [0.1, 0.15) is 0 Å². The van der Waals surface area contributed by atoms with Crippen molar-refractivity contribution in [3.05, 3.63) is 29.8 Å². The van der Waals surface area contributed by atoms with E-state index in [2.05, 4.69) is 39.1 Å². The standard InChI is InChI=1S/C16H21NO5Te/c1-11-4-6-12(7-5-11)23-9-8-14(18)17-13(16(20)22-3)10-15(19)21-2/h4-7,13H,8-10H2,1-3H3,(H,17,18)/t13-/m0/s1. The molecule has 0 heterocycles. The monoisotopic (exact) mass is 437 g/mol. The quantitative estimate of drug-likeness (QED) is 0.471. The second-order valence-electron chi connectivity index (χ2n) is 4.84. The van der Waals surface area contributed by atoms with E-state index in [0.29, 0.717) is 6.42 Å². The van der Waals surface area contributed by atoms with Crippen molar-refractivity contribution in [1.82, 2.24) is 5.32 Å². The summed E-state index contributed by atoms with van der Waals surface area (Å²) in [6.07, 6.45) is 0.0916. The number of nitrogens with one attached hydrogen (secondary N) is 1. The van der Waals surface area contributed by atoms with Crippen LogP contribution in [0.4, 0.5) is 0 Å². The van der Waals surface area contributed by atoms with Crippen LogP contribution in [0, 0.1) is 6.92 Å². The summed E-state index contributed by atoms with van der Waals surface area (Å²) in [5.41, 5.74) is 1.21. The van der Waals surface area contributed by atoms with Crippen molar-refractivity contribution >= 4 is 42.4 Å². The van der Waals surface area contributed by atoms with Crippen LogP contribution in [-0.2, 0) is 23.9 Å². The summed E-state index contributed by atoms with van der Waals surface area (Å²) in [7, 11) is 2.44. The third-order valence-electron chi connectivity index (χ3n) is 3.04. The molecule has 0 aliphatic rings. The number of rotatable bonds is 8. The Morgan fingerprint density at radius 2 is 1.78 bits per heavy atom. The maximum atomic E-state index is 11.9. The van der Waals surface area contributed by atoms with Gasteiger partial charge in [0.2, 0.25) is 0 Å². The number of esters is 2. The van der Waals surface area contributed by atoms with Crippen LogP contribution in [0.25, 0.3) is 0 Å². The van der Waals surface area contributed by atoms with Gasteiger partial charge < -0.3 is 0 Å². The Bertz CT molecular complexity index is 544. The summed E-state index contributed by atoms with van der Waals surface area (Å²) in [4.78, 5) is 34.8. The zero-order valence-corrected chi connectivity index (χ0v) is 15.8. The Morgan fingerprint density at radius 3 is 2.35 bits per heavy atom. The van der Waals surface area contributed by atoms with Gasteiger partial charge >= 0.3 is 146 Å². The fraction of sp³-hybridized carbons (Fsp3) is 0.438. The summed E-state index contributed by atoms with van der Waals surface area (Å²) >= 11 is -0.441. The van der Waals surface area contributed by atoms with E-state index in [4.69, 9.17) is 0 Å². The molecule has 1 aromatic rings. The topological polar surface area (TPSA) is 81.7 Å². The maximum absolute atomic E-state index is 11.9. The van der Waals surface area contributed by atoms with Gasteiger partial charge in [-0.05, 0) is 0 Å². The number of carbonyl (C=O) groups excluding carboxylic acids is 3. The molecular weight excluding hydrogens is 414 g/mol. The average molecular weight is 435 g/mol. The molecule has 0 aliphatic heterocycles. The van der Waals surface area contributed by atoms with E-state index in [9.17, 15) is 14.4 Å². The molecule has 0 spiro atoms. The molecule has 1 aromatic carbocycles. The molecule has 0 unspecified atom stereocenters. The number of hydrogen-bond acceptors (Lipinski definition) is 5. The average Bonchev–Trinajstić information content (AvgIpc) is 2.55. The van der Waals surface area contributed by atoms with Crippen molar-refractivity contribution in [2.45, 2.75) is 30.3 Å². The van der Waals surface area contributed by atoms with E-state index >= 15 is 0 Å². The van der Waals surface area contributed by atoms with Crippen LogP contribution >= 0.6 is 0 Å². The number of amides is 1. The minimum absolute atomic E-state index is 0.233. The van der Waals surface area contributed by atoms with Crippen LogP contribution in [0.3, 0.4) is 0 Å². The Kier molecular flexibility index (Phi) is 8.67.